The first-order valence-electron chi connectivity index (χ1n) is 9.35. The van der Waals surface area contributed by atoms with Crippen LogP contribution in [0.4, 0.5) is 4.79 Å². The molecule has 1 N–H and O–H groups in total. The molecule has 6 nitrogen and oxygen atoms in total. The van der Waals surface area contributed by atoms with Gasteiger partial charge >= 0.3 is 12.1 Å². The number of likely N-dealkylation sites (tertiary alicyclic amines) is 1. The van der Waals surface area contributed by atoms with Gasteiger partial charge in [-0.1, -0.05) is 36.4 Å². The van der Waals surface area contributed by atoms with Gasteiger partial charge in [-0.3, -0.25) is 5.32 Å². The monoisotopic (exact) mass is 374 g/mol. The van der Waals surface area contributed by atoms with Crippen molar-refractivity contribution in [3.05, 3.63) is 48.6 Å². The Morgan fingerprint density at radius 2 is 1.89 bits per heavy atom. The quantitative estimate of drug-likeness (QED) is 0.611. The maximum absolute atomic E-state index is 12.3. The molecule has 1 aromatic rings. The van der Waals surface area contributed by atoms with Gasteiger partial charge < -0.3 is 14.4 Å². The van der Waals surface area contributed by atoms with Gasteiger partial charge in [0.15, 0.2) is 0 Å². The molecular weight excluding hydrogens is 344 g/mol. The number of nitrogens with one attached hydrogen (secondary N) is 1. The molecule has 1 unspecified atom stereocenters. The number of amides is 1. The fourth-order valence-corrected chi connectivity index (χ4v) is 2.86. The van der Waals surface area contributed by atoms with E-state index in [1.165, 1.54) is 0 Å². The summed E-state index contributed by atoms with van der Waals surface area (Å²) in [4.78, 5) is 26.1. The summed E-state index contributed by atoms with van der Waals surface area (Å²) in [5.74, 6) is -0.344. The molecule has 27 heavy (non-hydrogen) atoms. The molecule has 1 aliphatic heterocycles. The van der Waals surface area contributed by atoms with Gasteiger partial charge in [0, 0.05) is 19.1 Å². The molecule has 1 aliphatic rings. The first-order valence-corrected chi connectivity index (χ1v) is 9.35. The van der Waals surface area contributed by atoms with E-state index in [1.54, 1.807) is 11.0 Å². The molecule has 1 amide bonds. The lowest BCUT2D eigenvalue weighted by Crippen LogP contribution is -2.50. The number of carbonyl (C=O) groups excluding carboxylic acids is 2. The minimum Gasteiger partial charge on any atom is -0.459 e. The largest absolute Gasteiger partial charge is 0.459 e. The van der Waals surface area contributed by atoms with E-state index in [2.05, 4.69) is 11.9 Å². The van der Waals surface area contributed by atoms with E-state index in [-0.39, 0.29) is 24.7 Å². The number of benzene rings is 1. The van der Waals surface area contributed by atoms with Gasteiger partial charge in [0.2, 0.25) is 0 Å². The predicted molar refractivity (Wildman–Crippen MR) is 104 cm³/mol. The summed E-state index contributed by atoms with van der Waals surface area (Å²) in [5, 5.41) is 3.28. The third kappa shape index (κ3) is 7.06. The highest BCUT2D eigenvalue weighted by Crippen LogP contribution is 2.16. The molecule has 148 valence electrons. The smallest absolute Gasteiger partial charge is 0.410 e. The number of rotatable bonds is 6. The average Bonchev–Trinajstić information content (AvgIpc) is 2.64. The van der Waals surface area contributed by atoms with Crippen LogP contribution in [0.5, 0.6) is 0 Å². The van der Waals surface area contributed by atoms with Crippen LogP contribution in [-0.4, -0.2) is 47.7 Å². The van der Waals surface area contributed by atoms with Crippen LogP contribution >= 0.6 is 0 Å². The minimum absolute atomic E-state index is 0.121. The molecule has 1 atom stereocenters. The Morgan fingerprint density at radius 3 is 2.44 bits per heavy atom. The summed E-state index contributed by atoms with van der Waals surface area (Å²) in [6.45, 7) is 10.7. The zero-order valence-electron chi connectivity index (χ0n) is 16.4. The number of carbonyl (C=O) groups is 2. The van der Waals surface area contributed by atoms with Crippen LogP contribution in [0.2, 0.25) is 0 Å². The van der Waals surface area contributed by atoms with Gasteiger partial charge in [-0.2, -0.15) is 0 Å². The number of hydrogen-bond acceptors (Lipinski definition) is 5. The van der Waals surface area contributed by atoms with Crippen LogP contribution in [0.1, 0.15) is 39.2 Å². The molecule has 0 radical (unpaired) electrons. The molecule has 6 heteroatoms. The Bertz CT molecular complexity index is 631. The minimum atomic E-state index is -0.563. The van der Waals surface area contributed by atoms with Crippen LogP contribution in [0, 0.1) is 0 Å². The van der Waals surface area contributed by atoms with Gasteiger partial charge in [-0.25, -0.2) is 9.59 Å². The van der Waals surface area contributed by atoms with Crippen molar-refractivity contribution in [3.63, 3.8) is 0 Å². The van der Waals surface area contributed by atoms with Crippen LogP contribution in [0.15, 0.2) is 43.0 Å². The highest BCUT2D eigenvalue weighted by Gasteiger charge is 2.29. The van der Waals surface area contributed by atoms with Crippen molar-refractivity contribution in [3.8, 4) is 0 Å². The Labute approximate surface area is 161 Å². The average molecular weight is 374 g/mol. The van der Waals surface area contributed by atoms with Crippen molar-refractivity contribution in [2.24, 2.45) is 0 Å². The first kappa shape index (κ1) is 21.0. The topological polar surface area (TPSA) is 67.9 Å². The van der Waals surface area contributed by atoms with Crippen molar-refractivity contribution in [1.29, 1.82) is 0 Å². The van der Waals surface area contributed by atoms with E-state index in [0.717, 1.165) is 18.4 Å². The van der Waals surface area contributed by atoms with Crippen LogP contribution in [0.25, 0.3) is 0 Å². The van der Waals surface area contributed by atoms with E-state index >= 15 is 0 Å². The normalized spacial score (nSPS) is 16.5. The van der Waals surface area contributed by atoms with E-state index in [0.29, 0.717) is 13.1 Å². The number of nitrogens with zero attached hydrogens (tertiary/aromatic N) is 1. The molecule has 0 spiro atoms. The highest BCUT2D eigenvalue weighted by atomic mass is 16.6. The van der Waals surface area contributed by atoms with E-state index < -0.39 is 11.6 Å². The molecule has 1 fully saturated rings. The summed E-state index contributed by atoms with van der Waals surface area (Å²) in [5.41, 5.74) is 0.446. The SMILES string of the molecule is C=CC(NC1CCN(C(=O)OC(C)(C)C)CC1)C(=O)OCc1ccccc1. The number of piperidine rings is 1. The lowest BCUT2D eigenvalue weighted by molar-refractivity contribution is -0.146. The van der Waals surface area contributed by atoms with E-state index in [9.17, 15) is 9.59 Å². The fraction of sp³-hybridized carbons (Fsp3) is 0.524. The fourth-order valence-electron chi connectivity index (χ4n) is 2.86. The summed E-state index contributed by atoms with van der Waals surface area (Å²) in [7, 11) is 0. The first-order chi connectivity index (χ1) is 12.8. The Morgan fingerprint density at radius 1 is 1.26 bits per heavy atom. The second kappa shape index (κ2) is 9.55. The van der Waals surface area contributed by atoms with Crippen molar-refractivity contribution < 1.29 is 19.1 Å². The second-order valence-corrected chi connectivity index (χ2v) is 7.72. The molecular formula is C21H30N2O4. The van der Waals surface area contributed by atoms with Crippen molar-refractivity contribution in [1.82, 2.24) is 10.2 Å². The van der Waals surface area contributed by atoms with Crippen LogP contribution < -0.4 is 5.32 Å². The van der Waals surface area contributed by atoms with Crippen LogP contribution in [-0.2, 0) is 20.9 Å². The summed E-state index contributed by atoms with van der Waals surface area (Å²) >= 11 is 0. The Hall–Kier alpha value is -2.34. The third-order valence-corrected chi connectivity index (χ3v) is 4.28. The van der Waals surface area contributed by atoms with Crippen molar-refractivity contribution in [2.45, 2.75) is 57.9 Å². The summed E-state index contributed by atoms with van der Waals surface area (Å²) in [6, 6.07) is 9.12. The van der Waals surface area contributed by atoms with E-state index in [1.807, 2.05) is 51.1 Å². The van der Waals surface area contributed by atoms with Gasteiger partial charge in [0.05, 0.1) is 0 Å². The molecule has 2 rings (SSSR count). The number of esters is 1. The lowest BCUT2D eigenvalue weighted by Gasteiger charge is -2.34. The van der Waals surface area contributed by atoms with Gasteiger partial charge in [-0.05, 0) is 39.2 Å². The van der Waals surface area contributed by atoms with Gasteiger partial charge in [0.25, 0.3) is 0 Å². The zero-order valence-corrected chi connectivity index (χ0v) is 16.4. The molecule has 1 aromatic carbocycles. The van der Waals surface area contributed by atoms with Crippen LogP contribution in [0.3, 0.4) is 0 Å². The predicted octanol–water partition coefficient (Wildman–Crippen LogP) is 3.27. The molecule has 0 saturated carbocycles. The molecule has 1 heterocycles. The van der Waals surface area contributed by atoms with Gasteiger partial charge in [-0.15, -0.1) is 6.58 Å². The summed E-state index contributed by atoms with van der Waals surface area (Å²) in [6.07, 6.45) is 2.77. The lowest BCUT2D eigenvalue weighted by atomic mass is 10.0. The molecule has 0 aromatic heterocycles. The molecule has 0 aliphatic carbocycles. The van der Waals surface area contributed by atoms with Crippen molar-refractivity contribution in [2.75, 3.05) is 13.1 Å². The highest BCUT2D eigenvalue weighted by molar-refractivity contribution is 5.78. The molecule has 0 bridgehead atoms. The van der Waals surface area contributed by atoms with Crippen molar-refractivity contribution >= 4 is 12.1 Å². The second-order valence-electron chi connectivity index (χ2n) is 7.72. The Balaban J connectivity index is 1.77. The van der Waals surface area contributed by atoms with E-state index in [4.69, 9.17) is 9.47 Å². The number of hydrogen-bond donors (Lipinski definition) is 1. The number of ether oxygens (including phenoxy) is 2. The maximum atomic E-state index is 12.3. The maximum Gasteiger partial charge on any atom is 0.410 e. The third-order valence-electron chi connectivity index (χ3n) is 4.28. The standard InChI is InChI=1S/C21H30N2O4/c1-5-18(19(24)26-15-16-9-7-6-8-10-16)22-17-11-13-23(14-12-17)20(25)27-21(2,3)4/h5-10,17-18,22H,1,11-15H2,2-4H3. The zero-order chi connectivity index (χ0) is 19.9. The summed E-state index contributed by atoms with van der Waals surface area (Å²) < 4.78 is 10.8. The Kier molecular flexibility index (Phi) is 7.42. The van der Waals surface area contributed by atoms with Gasteiger partial charge in [0.1, 0.15) is 18.2 Å². The molecule has 1 saturated heterocycles.